The summed E-state index contributed by atoms with van der Waals surface area (Å²) in [6.07, 6.45) is 0. The van der Waals surface area contributed by atoms with Crippen LogP contribution in [0.4, 0.5) is 0 Å². The summed E-state index contributed by atoms with van der Waals surface area (Å²) in [7, 11) is 0. The number of rotatable bonds is 5. The number of benzene rings is 2. The minimum Gasteiger partial charge on any atom is -0.461 e. The Morgan fingerprint density at radius 2 is 1.65 bits per heavy atom. The van der Waals surface area contributed by atoms with Gasteiger partial charge >= 0.3 is 5.97 Å². The molecule has 0 saturated heterocycles. The summed E-state index contributed by atoms with van der Waals surface area (Å²) >= 11 is 1.26. The number of esters is 1. The molecule has 0 aliphatic heterocycles. The van der Waals surface area contributed by atoms with Crippen molar-refractivity contribution >= 4 is 23.6 Å². The van der Waals surface area contributed by atoms with Crippen molar-refractivity contribution in [3.63, 3.8) is 0 Å². The third kappa shape index (κ3) is 3.96. The van der Waals surface area contributed by atoms with Gasteiger partial charge in [-0.15, -0.1) is 0 Å². The lowest BCUT2D eigenvalue weighted by Crippen LogP contribution is -2.18. The van der Waals surface area contributed by atoms with E-state index in [4.69, 9.17) is 4.74 Å². The van der Waals surface area contributed by atoms with Crippen LogP contribution in [0.5, 0.6) is 0 Å². The number of hydrogen-bond donors (Lipinski definition) is 0. The largest absolute Gasteiger partial charge is 0.461 e. The number of carbonyl (C=O) groups excluding carboxylic acids is 1. The molecule has 0 N–H and O–H groups in total. The van der Waals surface area contributed by atoms with E-state index in [9.17, 15) is 4.79 Å². The fourth-order valence-corrected chi connectivity index (χ4v) is 2.24. The number of hydrogen-bond acceptors (Lipinski definition) is 4. The topological polar surface area (TPSA) is 38.7 Å². The number of nitrogens with zero attached hydrogens (tertiary/aromatic N) is 1. The van der Waals surface area contributed by atoms with Gasteiger partial charge in [-0.3, -0.25) is 0 Å². The number of carbonyl (C=O) groups is 1. The average Bonchev–Trinajstić information content (AvgIpc) is 2.50. The van der Waals surface area contributed by atoms with Gasteiger partial charge < -0.3 is 4.74 Å². The molecule has 0 fully saturated rings. The van der Waals surface area contributed by atoms with Crippen LogP contribution in [-0.4, -0.2) is 18.3 Å². The maximum atomic E-state index is 12.0. The number of ether oxygens (including phenoxy) is 1. The highest BCUT2D eigenvalue weighted by molar-refractivity contribution is 7.98. The van der Waals surface area contributed by atoms with E-state index in [1.165, 1.54) is 11.9 Å². The molecule has 0 radical (unpaired) electrons. The molecule has 4 heteroatoms. The second kappa shape index (κ2) is 7.50. The Balaban J connectivity index is 2.25. The van der Waals surface area contributed by atoms with Gasteiger partial charge in [0.15, 0.2) is 5.71 Å². The van der Waals surface area contributed by atoms with E-state index in [0.717, 1.165) is 10.5 Å². The Morgan fingerprint density at radius 1 is 1.05 bits per heavy atom. The van der Waals surface area contributed by atoms with E-state index in [1.54, 1.807) is 6.92 Å². The van der Waals surface area contributed by atoms with E-state index < -0.39 is 5.97 Å². The predicted molar refractivity (Wildman–Crippen MR) is 81.9 cm³/mol. The molecule has 0 atom stereocenters. The quantitative estimate of drug-likeness (QED) is 0.477. The van der Waals surface area contributed by atoms with E-state index in [0.29, 0.717) is 12.3 Å². The second-order valence-electron chi connectivity index (χ2n) is 3.93. The van der Waals surface area contributed by atoms with Crippen molar-refractivity contribution in [1.82, 2.24) is 0 Å². The van der Waals surface area contributed by atoms with Crippen LogP contribution in [0.25, 0.3) is 0 Å². The molecule has 0 saturated carbocycles. The van der Waals surface area contributed by atoms with Gasteiger partial charge in [-0.05, 0) is 19.1 Å². The van der Waals surface area contributed by atoms with Gasteiger partial charge in [0.2, 0.25) is 0 Å². The molecule has 3 nitrogen and oxygen atoms in total. The Hall–Kier alpha value is -2.07. The van der Waals surface area contributed by atoms with Gasteiger partial charge in [-0.1, -0.05) is 48.5 Å². The van der Waals surface area contributed by atoms with Crippen molar-refractivity contribution < 1.29 is 9.53 Å². The third-order valence-corrected chi connectivity index (χ3v) is 3.26. The molecule has 0 heterocycles. The first kappa shape index (κ1) is 14.3. The highest BCUT2D eigenvalue weighted by atomic mass is 32.2. The lowest BCUT2D eigenvalue weighted by molar-refractivity contribution is -0.134. The fourth-order valence-electron chi connectivity index (χ4n) is 1.58. The molecular weight excluding hydrogens is 270 g/mol. The van der Waals surface area contributed by atoms with E-state index in [2.05, 4.69) is 4.40 Å². The molecule has 102 valence electrons. The zero-order valence-corrected chi connectivity index (χ0v) is 12.0. The molecule has 0 spiro atoms. The summed E-state index contributed by atoms with van der Waals surface area (Å²) in [5.74, 6) is -0.401. The summed E-state index contributed by atoms with van der Waals surface area (Å²) in [4.78, 5) is 13.0. The minimum atomic E-state index is -0.401. The van der Waals surface area contributed by atoms with Crippen LogP contribution in [0.1, 0.15) is 12.5 Å². The van der Waals surface area contributed by atoms with E-state index in [-0.39, 0.29) is 0 Å². The van der Waals surface area contributed by atoms with E-state index in [1.807, 2.05) is 60.7 Å². The molecule has 20 heavy (non-hydrogen) atoms. The molecule has 0 aliphatic rings. The highest BCUT2D eigenvalue weighted by Crippen LogP contribution is 2.20. The third-order valence-electron chi connectivity index (χ3n) is 2.50. The molecular formula is C16H15NO2S. The van der Waals surface area contributed by atoms with Crippen molar-refractivity contribution in [3.05, 3.63) is 66.2 Å². The average molecular weight is 285 g/mol. The monoisotopic (exact) mass is 285 g/mol. The van der Waals surface area contributed by atoms with Crippen molar-refractivity contribution in [3.8, 4) is 0 Å². The van der Waals surface area contributed by atoms with Crippen molar-refractivity contribution in [2.75, 3.05) is 6.61 Å². The highest BCUT2D eigenvalue weighted by Gasteiger charge is 2.15. The van der Waals surface area contributed by atoms with Crippen LogP contribution in [0.2, 0.25) is 0 Å². The SMILES string of the molecule is CCOC(=O)/C(=N\Sc1ccccc1)c1ccccc1. The summed E-state index contributed by atoms with van der Waals surface area (Å²) < 4.78 is 9.41. The normalized spacial score (nSPS) is 11.2. The Morgan fingerprint density at radius 3 is 2.25 bits per heavy atom. The van der Waals surface area contributed by atoms with Gasteiger partial charge in [0.05, 0.1) is 6.61 Å². The van der Waals surface area contributed by atoms with Gasteiger partial charge in [-0.2, -0.15) is 0 Å². The molecule has 2 rings (SSSR count). The predicted octanol–water partition coefficient (Wildman–Crippen LogP) is 3.75. The molecule has 0 amide bonds. The van der Waals surface area contributed by atoms with Gasteiger partial charge in [0, 0.05) is 22.4 Å². The smallest absolute Gasteiger partial charge is 0.358 e. The van der Waals surface area contributed by atoms with Gasteiger partial charge in [0.25, 0.3) is 0 Å². The maximum Gasteiger partial charge on any atom is 0.358 e. The molecule has 2 aromatic rings. The van der Waals surface area contributed by atoms with Gasteiger partial charge in [-0.25, -0.2) is 9.19 Å². The maximum absolute atomic E-state index is 12.0. The summed E-state index contributed by atoms with van der Waals surface area (Å²) in [5, 5.41) is 0. The molecule has 0 aliphatic carbocycles. The van der Waals surface area contributed by atoms with Crippen molar-refractivity contribution in [1.29, 1.82) is 0 Å². The summed E-state index contributed by atoms with van der Waals surface area (Å²) in [6.45, 7) is 2.12. The summed E-state index contributed by atoms with van der Waals surface area (Å²) in [6, 6.07) is 19.0. The second-order valence-corrected chi connectivity index (χ2v) is 4.77. The van der Waals surface area contributed by atoms with Crippen LogP contribution in [0.3, 0.4) is 0 Å². The Labute approximate surface area is 122 Å². The first-order chi connectivity index (χ1) is 9.81. The van der Waals surface area contributed by atoms with Gasteiger partial charge in [0.1, 0.15) is 0 Å². The van der Waals surface area contributed by atoms with Crippen LogP contribution in [-0.2, 0) is 9.53 Å². The molecule has 0 aromatic heterocycles. The zero-order chi connectivity index (χ0) is 14.2. The zero-order valence-electron chi connectivity index (χ0n) is 11.2. The standard InChI is InChI=1S/C16H15NO2S/c1-2-19-16(18)15(13-9-5-3-6-10-13)17-20-14-11-7-4-8-12-14/h3-12H,2H2,1H3/b17-15-. The lowest BCUT2D eigenvalue weighted by Gasteiger charge is -2.05. The lowest BCUT2D eigenvalue weighted by atomic mass is 10.1. The van der Waals surface area contributed by atoms with Crippen LogP contribution in [0.15, 0.2) is 70.0 Å². The Bertz CT molecular complexity index is 582. The molecule has 2 aromatic carbocycles. The van der Waals surface area contributed by atoms with Crippen molar-refractivity contribution in [2.45, 2.75) is 11.8 Å². The van der Waals surface area contributed by atoms with Crippen molar-refractivity contribution in [2.24, 2.45) is 4.40 Å². The first-order valence-corrected chi connectivity index (χ1v) is 7.11. The minimum absolute atomic E-state index is 0.334. The van der Waals surface area contributed by atoms with Crippen LogP contribution < -0.4 is 0 Å². The van der Waals surface area contributed by atoms with Crippen LogP contribution in [0, 0.1) is 0 Å². The first-order valence-electron chi connectivity index (χ1n) is 6.34. The molecule has 0 bridgehead atoms. The van der Waals surface area contributed by atoms with Crippen LogP contribution >= 0.6 is 11.9 Å². The molecule has 0 unspecified atom stereocenters. The fraction of sp³-hybridized carbons (Fsp3) is 0.125. The summed E-state index contributed by atoms with van der Waals surface area (Å²) in [5.41, 5.74) is 1.09. The van der Waals surface area contributed by atoms with E-state index >= 15 is 0 Å². The Kier molecular flexibility index (Phi) is 5.38.